The SMILES string of the molecule is C=C1/C=C\C=C/CN(C)/C(c2ccc(C(/C=C\C)=c3\c(-c4ccc(-c5ccc(-c6nc7ccccc7n6C)cc5)cc4)cccc3=C)cc2)=N\1. The lowest BCUT2D eigenvalue weighted by molar-refractivity contribution is 0.565. The van der Waals surface area contributed by atoms with E-state index in [1.165, 1.54) is 0 Å². The first-order chi connectivity index (χ1) is 24.4. The number of hydrogen-bond acceptors (Lipinski definition) is 3. The van der Waals surface area contributed by atoms with Crippen molar-refractivity contribution in [2.75, 3.05) is 13.6 Å². The number of fused-ring (bicyclic) bond motifs is 1. The summed E-state index contributed by atoms with van der Waals surface area (Å²) in [6, 6.07) is 40.8. The highest BCUT2D eigenvalue weighted by atomic mass is 15.2. The smallest absolute Gasteiger partial charge is 0.140 e. The number of aryl methyl sites for hydroxylation is 1. The Hall–Kier alpha value is -6.26. The molecule has 4 nitrogen and oxygen atoms in total. The van der Waals surface area contributed by atoms with Crippen LogP contribution < -0.4 is 10.4 Å². The zero-order chi connectivity index (χ0) is 34.6. The van der Waals surface area contributed by atoms with Crippen LogP contribution in [0.4, 0.5) is 0 Å². The number of aromatic nitrogens is 2. The van der Waals surface area contributed by atoms with Gasteiger partial charge in [0.25, 0.3) is 0 Å². The number of para-hydroxylation sites is 2. The third kappa shape index (κ3) is 6.44. The molecule has 0 unspecified atom stereocenters. The number of hydrogen-bond donors (Lipinski definition) is 0. The fourth-order valence-corrected chi connectivity index (χ4v) is 6.60. The summed E-state index contributed by atoms with van der Waals surface area (Å²) in [7, 11) is 4.13. The quantitative estimate of drug-likeness (QED) is 0.181. The van der Waals surface area contributed by atoms with E-state index in [-0.39, 0.29) is 0 Å². The maximum atomic E-state index is 4.87. The Morgan fingerprint density at radius 2 is 1.36 bits per heavy atom. The van der Waals surface area contributed by atoms with E-state index >= 15 is 0 Å². The van der Waals surface area contributed by atoms with Gasteiger partial charge in [0.2, 0.25) is 0 Å². The van der Waals surface area contributed by atoms with Gasteiger partial charge in [0.1, 0.15) is 11.7 Å². The molecule has 0 aliphatic carbocycles. The van der Waals surface area contributed by atoms with E-state index in [0.29, 0.717) is 0 Å². The number of aliphatic imine (C=N–C) groups is 1. The average Bonchev–Trinajstić information content (AvgIpc) is 3.52. The minimum absolute atomic E-state index is 0.723. The molecule has 0 radical (unpaired) electrons. The molecule has 244 valence electrons. The summed E-state index contributed by atoms with van der Waals surface area (Å²) < 4.78 is 2.15. The molecule has 0 fully saturated rings. The van der Waals surface area contributed by atoms with Crippen LogP contribution in [0, 0.1) is 0 Å². The van der Waals surface area contributed by atoms with Crippen molar-refractivity contribution in [2.45, 2.75) is 6.92 Å². The first kappa shape index (κ1) is 32.3. The highest BCUT2D eigenvalue weighted by Crippen LogP contribution is 2.28. The molecule has 6 aromatic rings. The molecule has 50 heavy (non-hydrogen) atoms. The Labute approximate surface area is 294 Å². The number of nitrogens with zero attached hydrogens (tertiary/aromatic N) is 4. The second-order valence-electron chi connectivity index (χ2n) is 12.6. The largest absolute Gasteiger partial charge is 0.355 e. The van der Waals surface area contributed by atoms with Crippen LogP contribution in [0.3, 0.4) is 0 Å². The van der Waals surface area contributed by atoms with Crippen molar-refractivity contribution < 1.29 is 0 Å². The minimum Gasteiger partial charge on any atom is -0.355 e. The predicted molar refractivity (Wildman–Crippen MR) is 212 cm³/mol. The van der Waals surface area contributed by atoms with Gasteiger partial charge in [-0.3, -0.25) is 0 Å². The Balaban J connectivity index is 1.22. The minimum atomic E-state index is 0.723. The molecule has 2 heterocycles. The Bertz CT molecular complexity index is 2440. The Morgan fingerprint density at radius 3 is 2.06 bits per heavy atom. The van der Waals surface area contributed by atoms with E-state index in [1.54, 1.807) is 0 Å². The fraction of sp³-hybridized carbons (Fsp3) is 0.0870. The van der Waals surface area contributed by atoms with Crippen LogP contribution in [0.5, 0.6) is 0 Å². The average molecular weight is 649 g/mol. The summed E-state index contributed by atoms with van der Waals surface area (Å²) in [4.78, 5) is 11.8. The zero-order valence-corrected chi connectivity index (χ0v) is 28.8. The van der Waals surface area contributed by atoms with Crippen molar-refractivity contribution in [2.24, 2.45) is 12.0 Å². The second kappa shape index (κ2) is 14.1. The molecule has 0 saturated heterocycles. The number of likely N-dealkylation sites (N-methyl/N-ethyl adjacent to an activating group) is 1. The lowest BCUT2D eigenvalue weighted by Gasteiger charge is -2.20. The van der Waals surface area contributed by atoms with Crippen LogP contribution in [-0.2, 0) is 7.05 Å². The summed E-state index contributed by atoms with van der Waals surface area (Å²) in [6.45, 7) is 11.4. The summed E-state index contributed by atoms with van der Waals surface area (Å²) >= 11 is 0. The molecule has 1 aliphatic rings. The van der Waals surface area contributed by atoms with Crippen LogP contribution in [0.1, 0.15) is 18.1 Å². The van der Waals surface area contributed by atoms with Gasteiger partial charge < -0.3 is 9.47 Å². The van der Waals surface area contributed by atoms with Gasteiger partial charge in [-0.05, 0) is 69.0 Å². The van der Waals surface area contributed by atoms with E-state index in [2.05, 4.69) is 171 Å². The van der Waals surface area contributed by atoms with Crippen LogP contribution in [0.15, 0.2) is 169 Å². The number of imidazole rings is 1. The lowest BCUT2D eigenvalue weighted by atomic mass is 9.93. The summed E-state index contributed by atoms with van der Waals surface area (Å²) in [5, 5.41) is 2.11. The van der Waals surface area contributed by atoms with Gasteiger partial charge in [-0.1, -0.05) is 147 Å². The third-order valence-electron chi connectivity index (χ3n) is 9.19. The first-order valence-corrected chi connectivity index (χ1v) is 16.9. The normalized spacial score (nSPS) is 16.4. The molecule has 0 N–H and O–H groups in total. The fourth-order valence-electron chi connectivity index (χ4n) is 6.60. The molecule has 1 aromatic heterocycles. The Kier molecular flexibility index (Phi) is 9.09. The standard InChI is InChI=1S/C46H40N4/c1-6-13-40(36-25-29-38(30-26-36)45-47-33(3)15-8-7-11-31-49(45)4)44-32(2)14-12-16-41(44)37-23-19-34(20-24-37)35-21-27-39(28-22-35)46-48-42-17-9-10-18-43(42)50(46)5/h6-30H,2-3,31H2,1,4-5H3/b11-7-,13-6-,15-8-,44-40-,47-45-. The van der Waals surface area contributed by atoms with Crippen molar-refractivity contribution in [3.05, 3.63) is 186 Å². The molecule has 0 saturated carbocycles. The molecular formula is C46H40N4. The van der Waals surface area contributed by atoms with Gasteiger partial charge >= 0.3 is 0 Å². The molecule has 1 aliphatic heterocycles. The maximum Gasteiger partial charge on any atom is 0.140 e. The van der Waals surface area contributed by atoms with E-state index in [9.17, 15) is 0 Å². The monoisotopic (exact) mass is 648 g/mol. The highest BCUT2D eigenvalue weighted by Gasteiger charge is 2.13. The first-order valence-electron chi connectivity index (χ1n) is 16.9. The van der Waals surface area contributed by atoms with Crippen LogP contribution in [-0.4, -0.2) is 33.9 Å². The van der Waals surface area contributed by atoms with Gasteiger partial charge in [-0.15, -0.1) is 0 Å². The van der Waals surface area contributed by atoms with E-state index in [0.717, 1.165) is 89.9 Å². The molecule has 4 heteroatoms. The number of amidine groups is 1. The van der Waals surface area contributed by atoms with Crippen LogP contribution >= 0.6 is 0 Å². The van der Waals surface area contributed by atoms with E-state index in [1.807, 2.05) is 24.3 Å². The molecule has 0 spiro atoms. The van der Waals surface area contributed by atoms with Gasteiger partial charge in [-0.25, -0.2) is 9.98 Å². The second-order valence-corrected chi connectivity index (χ2v) is 12.6. The topological polar surface area (TPSA) is 33.4 Å². The summed E-state index contributed by atoms with van der Waals surface area (Å²) in [6.07, 6.45) is 12.3. The zero-order valence-electron chi connectivity index (χ0n) is 28.8. The molecule has 7 rings (SSSR count). The van der Waals surface area contributed by atoms with Gasteiger partial charge in [0.15, 0.2) is 0 Å². The van der Waals surface area contributed by atoms with Crippen LogP contribution in [0.25, 0.3) is 56.8 Å². The van der Waals surface area contributed by atoms with E-state index < -0.39 is 0 Å². The van der Waals surface area contributed by atoms with Crippen molar-refractivity contribution in [3.8, 4) is 33.6 Å². The molecule has 0 amide bonds. The predicted octanol–water partition coefficient (Wildman–Crippen LogP) is 9.08. The van der Waals surface area contributed by atoms with Crippen molar-refractivity contribution in [1.29, 1.82) is 0 Å². The molecule has 0 bridgehead atoms. The van der Waals surface area contributed by atoms with Crippen molar-refractivity contribution in [3.63, 3.8) is 0 Å². The van der Waals surface area contributed by atoms with Gasteiger partial charge in [0, 0.05) is 31.8 Å². The summed E-state index contributed by atoms with van der Waals surface area (Å²) in [5.74, 6) is 1.86. The highest BCUT2D eigenvalue weighted by molar-refractivity contribution is 6.00. The van der Waals surface area contributed by atoms with Crippen molar-refractivity contribution in [1.82, 2.24) is 14.5 Å². The molecule has 0 atom stereocenters. The van der Waals surface area contributed by atoms with Gasteiger partial charge in [-0.2, -0.15) is 0 Å². The van der Waals surface area contributed by atoms with Crippen molar-refractivity contribution >= 4 is 29.0 Å². The van der Waals surface area contributed by atoms with Crippen LogP contribution in [0.2, 0.25) is 0 Å². The van der Waals surface area contributed by atoms with Gasteiger partial charge in [0.05, 0.1) is 16.7 Å². The summed E-state index contributed by atoms with van der Waals surface area (Å²) in [5.41, 5.74) is 11.9. The van der Waals surface area contributed by atoms with E-state index in [4.69, 9.17) is 9.98 Å². The lowest BCUT2D eigenvalue weighted by Crippen LogP contribution is -2.28. The number of allylic oxidation sites excluding steroid dienone is 5. The number of rotatable bonds is 6. The maximum absolute atomic E-state index is 4.87. The molecular weight excluding hydrogens is 609 g/mol. The molecule has 5 aromatic carbocycles. The Morgan fingerprint density at radius 1 is 0.700 bits per heavy atom. The third-order valence-corrected chi connectivity index (χ3v) is 9.19. The number of benzene rings is 5.